The maximum atomic E-state index is 4.53. The summed E-state index contributed by atoms with van der Waals surface area (Å²) in [5, 5.41) is 0. The molecule has 2 heteroatoms. The molecule has 8 heavy (non-hydrogen) atoms. The first-order valence-electron chi connectivity index (χ1n) is 2.42. The molecule has 2 nitrogen and oxygen atoms in total. The van der Waals surface area contributed by atoms with Crippen molar-refractivity contribution >= 4 is 0 Å². The summed E-state index contributed by atoms with van der Waals surface area (Å²) >= 11 is 0. The average Bonchev–Trinajstić information content (AvgIpc) is 1.81. The molecule has 0 fully saturated rings. The van der Waals surface area contributed by atoms with Crippen molar-refractivity contribution in [2.24, 2.45) is 0 Å². The average molecular weight is 114 g/mol. The van der Waals surface area contributed by atoms with Gasteiger partial charge in [0.25, 0.3) is 0 Å². The minimum absolute atomic E-state index is 0.537. The summed E-state index contributed by atoms with van der Waals surface area (Å²) in [6.07, 6.45) is 3.80. The standard InChI is InChI=1S/C6H10O2/c1-3-5-6-8-7-4-2/h3-4H,1-2,5-6H2. The second-order valence-electron chi connectivity index (χ2n) is 1.16. The van der Waals surface area contributed by atoms with Gasteiger partial charge in [-0.3, -0.25) is 0 Å². The van der Waals surface area contributed by atoms with Gasteiger partial charge < -0.3 is 4.89 Å². The van der Waals surface area contributed by atoms with Crippen LogP contribution in [0.4, 0.5) is 0 Å². The van der Waals surface area contributed by atoms with E-state index >= 15 is 0 Å². The molecular weight excluding hydrogens is 104 g/mol. The van der Waals surface area contributed by atoms with E-state index in [1.165, 1.54) is 6.26 Å². The predicted octanol–water partition coefficient (Wildman–Crippen LogP) is 1.65. The Bertz CT molecular complexity index is 58.9. The van der Waals surface area contributed by atoms with Gasteiger partial charge in [-0.05, 0) is 6.42 Å². The zero-order chi connectivity index (χ0) is 6.24. The minimum atomic E-state index is 0.537. The number of hydrogen-bond donors (Lipinski definition) is 0. The van der Waals surface area contributed by atoms with E-state index in [9.17, 15) is 0 Å². The van der Waals surface area contributed by atoms with E-state index in [2.05, 4.69) is 22.9 Å². The molecule has 0 aromatic rings. The smallest absolute Gasteiger partial charge is 0.122 e. The van der Waals surface area contributed by atoms with Gasteiger partial charge in [-0.15, -0.1) is 6.58 Å². The van der Waals surface area contributed by atoms with E-state index in [0.29, 0.717) is 6.61 Å². The zero-order valence-electron chi connectivity index (χ0n) is 4.80. The molecule has 0 aliphatic rings. The molecule has 0 unspecified atom stereocenters. The molecule has 0 N–H and O–H groups in total. The summed E-state index contributed by atoms with van der Waals surface area (Å²) in [4.78, 5) is 8.89. The van der Waals surface area contributed by atoms with Gasteiger partial charge >= 0.3 is 0 Å². The summed E-state index contributed by atoms with van der Waals surface area (Å²) in [6.45, 7) is 7.32. The summed E-state index contributed by atoms with van der Waals surface area (Å²) in [7, 11) is 0. The Morgan fingerprint density at radius 2 is 2.12 bits per heavy atom. The first kappa shape index (κ1) is 7.24. The second-order valence-corrected chi connectivity index (χ2v) is 1.16. The molecule has 0 heterocycles. The molecule has 0 rings (SSSR count). The van der Waals surface area contributed by atoms with Crippen molar-refractivity contribution in [3.05, 3.63) is 25.5 Å². The molecule has 0 radical (unpaired) electrons. The summed E-state index contributed by atoms with van der Waals surface area (Å²) < 4.78 is 0. The Kier molecular flexibility index (Phi) is 5.65. The van der Waals surface area contributed by atoms with Crippen LogP contribution >= 0.6 is 0 Å². The normalized spacial score (nSPS) is 8.00. The monoisotopic (exact) mass is 114 g/mol. The fraction of sp³-hybridized carbons (Fsp3) is 0.333. The van der Waals surface area contributed by atoms with Crippen molar-refractivity contribution in [1.82, 2.24) is 0 Å². The van der Waals surface area contributed by atoms with E-state index in [0.717, 1.165) is 6.42 Å². The maximum Gasteiger partial charge on any atom is 0.122 e. The highest BCUT2D eigenvalue weighted by molar-refractivity contribution is 4.63. The molecular formula is C6H10O2. The summed E-state index contributed by atoms with van der Waals surface area (Å²) in [6, 6.07) is 0. The van der Waals surface area contributed by atoms with E-state index < -0.39 is 0 Å². The van der Waals surface area contributed by atoms with Crippen LogP contribution in [0.1, 0.15) is 6.42 Å². The van der Waals surface area contributed by atoms with Gasteiger partial charge in [0.1, 0.15) is 6.26 Å². The van der Waals surface area contributed by atoms with Gasteiger partial charge in [0.15, 0.2) is 0 Å². The van der Waals surface area contributed by atoms with E-state index in [1.807, 2.05) is 0 Å². The quantitative estimate of drug-likeness (QED) is 0.178. The molecule has 0 aliphatic heterocycles. The van der Waals surface area contributed by atoms with Crippen molar-refractivity contribution in [2.75, 3.05) is 6.61 Å². The zero-order valence-corrected chi connectivity index (χ0v) is 4.80. The van der Waals surface area contributed by atoms with Crippen molar-refractivity contribution in [3.8, 4) is 0 Å². The van der Waals surface area contributed by atoms with Crippen LogP contribution in [0.5, 0.6) is 0 Å². The highest BCUT2D eigenvalue weighted by Crippen LogP contribution is 1.83. The molecule has 0 saturated heterocycles. The van der Waals surface area contributed by atoms with Gasteiger partial charge in [0.2, 0.25) is 0 Å². The molecule has 0 amide bonds. The molecule has 0 saturated carbocycles. The predicted molar refractivity (Wildman–Crippen MR) is 32.0 cm³/mol. The second kappa shape index (κ2) is 6.24. The Labute approximate surface area is 49.3 Å². The lowest BCUT2D eigenvalue weighted by Gasteiger charge is -1.94. The van der Waals surface area contributed by atoms with Crippen LogP contribution in [0.25, 0.3) is 0 Å². The van der Waals surface area contributed by atoms with E-state index in [1.54, 1.807) is 6.08 Å². The highest BCUT2D eigenvalue weighted by Gasteiger charge is 1.77. The van der Waals surface area contributed by atoms with Crippen LogP contribution in [-0.2, 0) is 9.78 Å². The largest absolute Gasteiger partial charge is 0.346 e. The van der Waals surface area contributed by atoms with E-state index in [-0.39, 0.29) is 0 Å². The Morgan fingerprint density at radius 1 is 1.38 bits per heavy atom. The third-order valence-electron chi connectivity index (χ3n) is 0.541. The van der Waals surface area contributed by atoms with Crippen molar-refractivity contribution < 1.29 is 9.78 Å². The van der Waals surface area contributed by atoms with Crippen molar-refractivity contribution in [1.29, 1.82) is 0 Å². The highest BCUT2D eigenvalue weighted by atomic mass is 17.2. The van der Waals surface area contributed by atoms with Gasteiger partial charge in [-0.1, -0.05) is 12.7 Å². The molecule has 0 aromatic heterocycles. The van der Waals surface area contributed by atoms with Crippen LogP contribution < -0.4 is 0 Å². The fourth-order valence-electron chi connectivity index (χ4n) is 0.228. The van der Waals surface area contributed by atoms with E-state index in [4.69, 9.17) is 0 Å². The van der Waals surface area contributed by atoms with Crippen LogP contribution in [-0.4, -0.2) is 6.61 Å². The van der Waals surface area contributed by atoms with Gasteiger partial charge in [0, 0.05) is 0 Å². The summed E-state index contributed by atoms with van der Waals surface area (Å²) in [5.74, 6) is 0. The van der Waals surface area contributed by atoms with Crippen molar-refractivity contribution in [3.63, 3.8) is 0 Å². The molecule has 0 aliphatic carbocycles. The van der Waals surface area contributed by atoms with Crippen LogP contribution in [0.15, 0.2) is 25.5 Å². The third kappa shape index (κ3) is 5.24. The lowest BCUT2D eigenvalue weighted by atomic mass is 10.5. The molecule has 0 aromatic carbocycles. The Balaban J connectivity index is 2.71. The third-order valence-corrected chi connectivity index (χ3v) is 0.541. The molecule has 0 spiro atoms. The molecule has 46 valence electrons. The van der Waals surface area contributed by atoms with Gasteiger partial charge in [-0.25, -0.2) is 0 Å². The minimum Gasteiger partial charge on any atom is -0.346 e. The van der Waals surface area contributed by atoms with Crippen LogP contribution in [0.3, 0.4) is 0 Å². The lowest BCUT2D eigenvalue weighted by molar-refractivity contribution is -0.246. The Morgan fingerprint density at radius 3 is 2.62 bits per heavy atom. The Hall–Kier alpha value is -0.760. The lowest BCUT2D eigenvalue weighted by Crippen LogP contribution is -1.88. The fourth-order valence-corrected chi connectivity index (χ4v) is 0.228. The molecule has 0 bridgehead atoms. The SMILES string of the molecule is C=CCCOOC=C. The first-order valence-corrected chi connectivity index (χ1v) is 2.42. The topological polar surface area (TPSA) is 18.5 Å². The number of rotatable bonds is 5. The van der Waals surface area contributed by atoms with Crippen LogP contribution in [0.2, 0.25) is 0 Å². The first-order chi connectivity index (χ1) is 3.91. The molecule has 0 atom stereocenters. The van der Waals surface area contributed by atoms with Crippen LogP contribution in [0, 0.1) is 0 Å². The van der Waals surface area contributed by atoms with Gasteiger partial charge in [-0.2, -0.15) is 4.89 Å². The number of hydrogen-bond acceptors (Lipinski definition) is 2. The summed E-state index contributed by atoms with van der Waals surface area (Å²) in [5.41, 5.74) is 0. The van der Waals surface area contributed by atoms with Crippen molar-refractivity contribution in [2.45, 2.75) is 6.42 Å². The van der Waals surface area contributed by atoms with Gasteiger partial charge in [0.05, 0.1) is 6.61 Å². The maximum absolute atomic E-state index is 4.53.